The van der Waals surface area contributed by atoms with Gasteiger partial charge in [0, 0.05) is 28.8 Å². The van der Waals surface area contributed by atoms with Gasteiger partial charge in [-0.3, -0.25) is 5.41 Å². The molecule has 1 aliphatic heterocycles. The second-order valence-electron chi connectivity index (χ2n) is 4.74. The lowest BCUT2D eigenvalue weighted by Gasteiger charge is -2.37. The van der Waals surface area contributed by atoms with Gasteiger partial charge in [0.1, 0.15) is 5.84 Å². The van der Waals surface area contributed by atoms with Crippen molar-refractivity contribution in [2.24, 2.45) is 5.73 Å². The van der Waals surface area contributed by atoms with Crippen LogP contribution in [-0.4, -0.2) is 31.1 Å². The normalized spacial score (nSPS) is 24.1. The van der Waals surface area contributed by atoms with Crippen molar-refractivity contribution >= 4 is 27.5 Å². The van der Waals surface area contributed by atoms with Crippen molar-refractivity contribution in [3.8, 4) is 0 Å². The number of morpholine rings is 1. The molecule has 18 heavy (non-hydrogen) atoms. The van der Waals surface area contributed by atoms with Gasteiger partial charge in [0.2, 0.25) is 0 Å². The number of nitrogens with two attached hydrogens (primary N) is 1. The minimum atomic E-state index is 0.0955. The van der Waals surface area contributed by atoms with Crippen LogP contribution in [0.25, 0.3) is 0 Å². The fourth-order valence-corrected chi connectivity index (χ4v) is 2.74. The monoisotopic (exact) mass is 311 g/mol. The molecule has 0 aliphatic carbocycles. The summed E-state index contributed by atoms with van der Waals surface area (Å²) in [4.78, 5) is 2.24. The Hall–Kier alpha value is -1.07. The van der Waals surface area contributed by atoms with Crippen LogP contribution in [0, 0.1) is 5.41 Å². The van der Waals surface area contributed by atoms with Crippen LogP contribution in [0.4, 0.5) is 5.69 Å². The molecule has 2 rings (SSSR count). The number of hydrogen-bond acceptors (Lipinski definition) is 3. The van der Waals surface area contributed by atoms with Gasteiger partial charge in [-0.15, -0.1) is 0 Å². The van der Waals surface area contributed by atoms with Gasteiger partial charge in [-0.05, 0) is 32.0 Å². The van der Waals surface area contributed by atoms with E-state index in [1.54, 1.807) is 0 Å². The summed E-state index contributed by atoms with van der Waals surface area (Å²) in [6.45, 7) is 5.78. The highest BCUT2D eigenvalue weighted by Gasteiger charge is 2.24. The van der Waals surface area contributed by atoms with Crippen molar-refractivity contribution < 1.29 is 4.74 Å². The highest BCUT2D eigenvalue weighted by atomic mass is 79.9. The van der Waals surface area contributed by atoms with Crippen molar-refractivity contribution in [1.82, 2.24) is 0 Å². The first kappa shape index (κ1) is 13.4. The van der Waals surface area contributed by atoms with Gasteiger partial charge in [-0.2, -0.15) is 0 Å². The van der Waals surface area contributed by atoms with Gasteiger partial charge in [0.25, 0.3) is 0 Å². The number of benzene rings is 1. The Bertz CT molecular complexity index is 454. The van der Waals surface area contributed by atoms with Gasteiger partial charge < -0.3 is 15.4 Å². The lowest BCUT2D eigenvalue weighted by atomic mass is 10.1. The maximum atomic E-state index is 7.69. The van der Waals surface area contributed by atoms with Gasteiger partial charge in [-0.25, -0.2) is 0 Å². The Morgan fingerprint density at radius 1 is 1.39 bits per heavy atom. The summed E-state index contributed by atoms with van der Waals surface area (Å²) >= 11 is 3.42. The molecule has 1 fully saturated rings. The van der Waals surface area contributed by atoms with E-state index in [0.717, 1.165) is 28.8 Å². The Morgan fingerprint density at radius 2 is 2.00 bits per heavy atom. The van der Waals surface area contributed by atoms with Crippen molar-refractivity contribution in [3.63, 3.8) is 0 Å². The minimum absolute atomic E-state index is 0.0955. The van der Waals surface area contributed by atoms with Gasteiger partial charge in [0.15, 0.2) is 0 Å². The molecule has 5 heteroatoms. The summed E-state index contributed by atoms with van der Waals surface area (Å²) in [6, 6.07) is 5.88. The number of ether oxygens (including phenoxy) is 1. The molecular formula is C13H18BrN3O. The Balaban J connectivity index is 2.35. The molecule has 0 amide bonds. The third kappa shape index (κ3) is 2.84. The first-order valence-electron chi connectivity index (χ1n) is 6.01. The van der Waals surface area contributed by atoms with Crippen LogP contribution in [0.5, 0.6) is 0 Å². The van der Waals surface area contributed by atoms with Crippen LogP contribution in [0.1, 0.15) is 19.4 Å². The average molecular weight is 312 g/mol. The molecule has 0 saturated carbocycles. The summed E-state index contributed by atoms with van der Waals surface area (Å²) in [5, 5.41) is 7.69. The molecule has 98 valence electrons. The van der Waals surface area contributed by atoms with Gasteiger partial charge in [-0.1, -0.05) is 15.9 Å². The topological polar surface area (TPSA) is 62.3 Å². The number of amidine groups is 1. The van der Waals surface area contributed by atoms with Crippen LogP contribution in [0.2, 0.25) is 0 Å². The maximum absolute atomic E-state index is 7.69. The quantitative estimate of drug-likeness (QED) is 0.651. The predicted octanol–water partition coefficient (Wildman–Crippen LogP) is 2.35. The number of rotatable bonds is 2. The van der Waals surface area contributed by atoms with Crippen LogP contribution in [-0.2, 0) is 4.74 Å². The second-order valence-corrected chi connectivity index (χ2v) is 5.65. The van der Waals surface area contributed by atoms with E-state index in [4.69, 9.17) is 15.9 Å². The van der Waals surface area contributed by atoms with E-state index in [-0.39, 0.29) is 18.0 Å². The molecule has 1 aromatic rings. The number of nitrogens with one attached hydrogen (secondary N) is 1. The zero-order valence-electron chi connectivity index (χ0n) is 10.6. The second kappa shape index (κ2) is 5.28. The largest absolute Gasteiger partial charge is 0.384 e. The van der Waals surface area contributed by atoms with E-state index < -0.39 is 0 Å². The van der Waals surface area contributed by atoms with Crippen molar-refractivity contribution in [1.29, 1.82) is 5.41 Å². The van der Waals surface area contributed by atoms with E-state index in [9.17, 15) is 0 Å². The van der Waals surface area contributed by atoms with Crippen molar-refractivity contribution in [2.75, 3.05) is 18.0 Å². The number of nitrogen functional groups attached to an aromatic ring is 1. The third-order valence-corrected chi connectivity index (χ3v) is 3.50. The van der Waals surface area contributed by atoms with Crippen molar-refractivity contribution in [3.05, 3.63) is 28.2 Å². The summed E-state index contributed by atoms with van der Waals surface area (Å²) < 4.78 is 6.66. The summed E-state index contributed by atoms with van der Waals surface area (Å²) in [7, 11) is 0. The molecule has 0 spiro atoms. The number of nitrogens with zero attached hydrogens (tertiary/aromatic N) is 1. The average Bonchev–Trinajstić information content (AvgIpc) is 2.27. The Kier molecular flexibility index (Phi) is 3.92. The number of hydrogen-bond donors (Lipinski definition) is 2. The number of anilines is 1. The molecular weight excluding hydrogens is 294 g/mol. The molecule has 0 bridgehead atoms. The third-order valence-electron chi connectivity index (χ3n) is 3.01. The smallest absolute Gasteiger partial charge is 0.124 e. The lowest BCUT2D eigenvalue weighted by molar-refractivity contribution is -0.00522. The fraction of sp³-hybridized carbons (Fsp3) is 0.462. The highest BCUT2D eigenvalue weighted by molar-refractivity contribution is 9.10. The van der Waals surface area contributed by atoms with Crippen molar-refractivity contribution in [2.45, 2.75) is 26.1 Å². The maximum Gasteiger partial charge on any atom is 0.124 e. The molecule has 2 atom stereocenters. The van der Waals surface area contributed by atoms with Crippen LogP contribution >= 0.6 is 15.9 Å². The molecule has 4 nitrogen and oxygen atoms in total. The zero-order valence-corrected chi connectivity index (χ0v) is 12.2. The molecule has 3 N–H and O–H groups in total. The molecule has 0 radical (unpaired) electrons. The fourth-order valence-electron chi connectivity index (χ4n) is 2.37. The SMILES string of the molecule is CC1CN(c2ccc(Br)cc2C(=N)N)CC(C)O1. The van der Waals surface area contributed by atoms with E-state index in [1.807, 2.05) is 18.2 Å². The van der Waals surface area contributed by atoms with E-state index in [2.05, 4.69) is 34.7 Å². The van der Waals surface area contributed by atoms with Crippen LogP contribution in [0.3, 0.4) is 0 Å². The lowest BCUT2D eigenvalue weighted by Crippen LogP contribution is -2.46. The molecule has 2 unspecified atom stereocenters. The highest BCUT2D eigenvalue weighted by Crippen LogP contribution is 2.27. The van der Waals surface area contributed by atoms with E-state index >= 15 is 0 Å². The zero-order chi connectivity index (χ0) is 13.3. The molecule has 1 heterocycles. The number of halogens is 1. The Labute approximate surface area is 116 Å². The standard InChI is InChI=1S/C13H18BrN3O/c1-8-6-17(7-9(2)18-8)12-4-3-10(14)5-11(12)13(15)16/h3-5,8-9H,6-7H2,1-2H3,(H3,15,16). The minimum Gasteiger partial charge on any atom is -0.384 e. The molecule has 0 aromatic heterocycles. The van der Waals surface area contributed by atoms with E-state index in [1.165, 1.54) is 0 Å². The molecule has 1 saturated heterocycles. The van der Waals surface area contributed by atoms with Crippen LogP contribution in [0.15, 0.2) is 22.7 Å². The van der Waals surface area contributed by atoms with Gasteiger partial charge in [0.05, 0.1) is 12.2 Å². The summed E-state index contributed by atoms with van der Waals surface area (Å²) in [6.07, 6.45) is 0.384. The van der Waals surface area contributed by atoms with Crippen LogP contribution < -0.4 is 10.6 Å². The van der Waals surface area contributed by atoms with E-state index in [0.29, 0.717) is 0 Å². The van der Waals surface area contributed by atoms with Gasteiger partial charge >= 0.3 is 0 Å². The molecule has 1 aromatic carbocycles. The molecule has 1 aliphatic rings. The Morgan fingerprint density at radius 3 is 2.56 bits per heavy atom. The first-order chi connectivity index (χ1) is 8.47. The first-order valence-corrected chi connectivity index (χ1v) is 6.81. The summed E-state index contributed by atoms with van der Waals surface area (Å²) in [5.74, 6) is 0.0955. The predicted molar refractivity (Wildman–Crippen MR) is 77.4 cm³/mol. The summed E-state index contributed by atoms with van der Waals surface area (Å²) in [5.41, 5.74) is 7.44.